The number of esters is 1. The van der Waals surface area contributed by atoms with E-state index >= 15 is 0 Å². The lowest BCUT2D eigenvalue weighted by Gasteiger charge is -2.21. The van der Waals surface area contributed by atoms with Crippen molar-refractivity contribution in [3.05, 3.63) is 35.9 Å². The summed E-state index contributed by atoms with van der Waals surface area (Å²) in [6.07, 6.45) is 2.64. The molecule has 1 aliphatic heterocycles. The summed E-state index contributed by atoms with van der Waals surface area (Å²) in [5.74, 6) is 1.33. The third-order valence-electron chi connectivity index (χ3n) is 4.00. The first kappa shape index (κ1) is 16.3. The van der Waals surface area contributed by atoms with Crippen LogP contribution in [0.15, 0.2) is 35.3 Å². The number of carbonyl (C=O) groups excluding carboxylic acids is 1. The Kier molecular flexibility index (Phi) is 6.25. The van der Waals surface area contributed by atoms with Gasteiger partial charge in [-0.15, -0.1) is 0 Å². The zero-order valence-corrected chi connectivity index (χ0v) is 13.4. The van der Waals surface area contributed by atoms with Gasteiger partial charge in [-0.05, 0) is 24.3 Å². The first-order chi connectivity index (χ1) is 10.7. The molecule has 5 heteroatoms. The van der Waals surface area contributed by atoms with Crippen molar-refractivity contribution in [2.45, 2.75) is 19.3 Å². The molecule has 1 atom stereocenters. The third kappa shape index (κ3) is 4.76. The maximum Gasteiger partial charge on any atom is 0.307 e. The van der Waals surface area contributed by atoms with Crippen LogP contribution in [0.2, 0.25) is 0 Å². The number of likely N-dealkylation sites (tertiary alicyclic amines) is 1. The molecule has 0 radical (unpaired) electrons. The second kappa shape index (κ2) is 8.41. The fraction of sp³-hybridized carbons (Fsp3) is 0.529. The molecule has 1 saturated heterocycles. The molecule has 1 aromatic rings. The van der Waals surface area contributed by atoms with Crippen molar-refractivity contribution in [2.75, 3.05) is 33.8 Å². The summed E-state index contributed by atoms with van der Waals surface area (Å²) >= 11 is 0. The van der Waals surface area contributed by atoms with Gasteiger partial charge in [-0.2, -0.15) is 0 Å². The van der Waals surface area contributed by atoms with Crippen molar-refractivity contribution in [2.24, 2.45) is 10.9 Å². The summed E-state index contributed by atoms with van der Waals surface area (Å²) in [5.41, 5.74) is 1.39. The van der Waals surface area contributed by atoms with E-state index in [0.717, 1.165) is 25.5 Å². The maximum absolute atomic E-state index is 11.1. The molecule has 1 fully saturated rings. The average molecular weight is 303 g/mol. The van der Waals surface area contributed by atoms with Crippen molar-refractivity contribution in [1.82, 2.24) is 10.2 Å². The Balaban J connectivity index is 1.79. The van der Waals surface area contributed by atoms with Gasteiger partial charge in [0.05, 0.1) is 13.5 Å². The summed E-state index contributed by atoms with van der Waals surface area (Å²) in [5, 5.41) is 3.24. The lowest BCUT2D eigenvalue weighted by atomic mass is 9.99. The monoisotopic (exact) mass is 303 g/mol. The molecular weight excluding hydrogens is 278 g/mol. The number of rotatable bonds is 5. The van der Waals surface area contributed by atoms with Crippen LogP contribution in [-0.4, -0.2) is 50.6 Å². The zero-order valence-electron chi connectivity index (χ0n) is 13.4. The van der Waals surface area contributed by atoms with Gasteiger partial charge in [0.25, 0.3) is 0 Å². The number of aliphatic imine (C=N–C) groups is 1. The van der Waals surface area contributed by atoms with E-state index in [1.165, 1.54) is 19.1 Å². The molecule has 120 valence electrons. The van der Waals surface area contributed by atoms with Crippen LogP contribution in [0.5, 0.6) is 0 Å². The summed E-state index contributed by atoms with van der Waals surface area (Å²) < 4.78 is 4.64. The highest BCUT2D eigenvalue weighted by Gasteiger charge is 2.24. The van der Waals surface area contributed by atoms with E-state index < -0.39 is 0 Å². The van der Waals surface area contributed by atoms with Crippen molar-refractivity contribution in [1.29, 1.82) is 0 Å². The van der Waals surface area contributed by atoms with Crippen LogP contribution in [0.4, 0.5) is 0 Å². The third-order valence-corrected chi connectivity index (χ3v) is 4.00. The maximum atomic E-state index is 11.1. The molecule has 0 bridgehead atoms. The van der Waals surface area contributed by atoms with Gasteiger partial charge in [0.15, 0.2) is 5.96 Å². The number of benzene rings is 1. The smallest absolute Gasteiger partial charge is 0.307 e. The van der Waals surface area contributed by atoms with Crippen molar-refractivity contribution in [3.63, 3.8) is 0 Å². The first-order valence-electron chi connectivity index (χ1n) is 7.79. The summed E-state index contributed by atoms with van der Waals surface area (Å²) in [4.78, 5) is 17.7. The van der Waals surface area contributed by atoms with E-state index in [0.29, 0.717) is 18.9 Å². The lowest BCUT2D eigenvalue weighted by Crippen LogP contribution is -2.41. The Morgan fingerprint density at radius 2 is 2.18 bits per heavy atom. The quantitative estimate of drug-likeness (QED) is 0.511. The molecule has 0 aromatic heterocycles. The van der Waals surface area contributed by atoms with E-state index in [1.807, 2.05) is 0 Å². The predicted molar refractivity (Wildman–Crippen MR) is 87.8 cm³/mol. The van der Waals surface area contributed by atoms with Crippen LogP contribution in [0.3, 0.4) is 0 Å². The van der Waals surface area contributed by atoms with Gasteiger partial charge >= 0.3 is 5.97 Å². The molecule has 1 aromatic carbocycles. The lowest BCUT2D eigenvalue weighted by molar-refractivity contribution is -0.140. The summed E-state index contributed by atoms with van der Waals surface area (Å²) in [6.45, 7) is 2.57. The van der Waals surface area contributed by atoms with Crippen molar-refractivity contribution >= 4 is 11.9 Å². The van der Waals surface area contributed by atoms with Crippen LogP contribution < -0.4 is 5.32 Å². The molecule has 1 unspecified atom stereocenters. The highest BCUT2D eigenvalue weighted by Crippen LogP contribution is 2.20. The highest BCUT2D eigenvalue weighted by atomic mass is 16.5. The number of guanidine groups is 1. The van der Waals surface area contributed by atoms with Crippen LogP contribution >= 0.6 is 0 Å². The Morgan fingerprint density at radius 3 is 2.86 bits per heavy atom. The molecule has 0 spiro atoms. The van der Waals surface area contributed by atoms with Gasteiger partial charge in [0.1, 0.15) is 0 Å². The van der Waals surface area contributed by atoms with E-state index in [1.54, 1.807) is 7.05 Å². The minimum Gasteiger partial charge on any atom is -0.469 e. The minimum absolute atomic E-state index is 0.202. The predicted octanol–water partition coefficient (Wildman–Crippen LogP) is 1.69. The summed E-state index contributed by atoms with van der Waals surface area (Å²) in [7, 11) is 3.19. The fourth-order valence-electron chi connectivity index (χ4n) is 2.85. The van der Waals surface area contributed by atoms with Crippen LogP contribution in [0.25, 0.3) is 0 Å². The Hall–Kier alpha value is -2.04. The molecular formula is C17H25N3O2. The van der Waals surface area contributed by atoms with E-state index in [9.17, 15) is 4.79 Å². The van der Waals surface area contributed by atoms with Crippen LogP contribution in [0.1, 0.15) is 18.4 Å². The topological polar surface area (TPSA) is 53.9 Å². The normalized spacial score (nSPS) is 18.4. The van der Waals surface area contributed by atoms with Crippen molar-refractivity contribution in [3.8, 4) is 0 Å². The Morgan fingerprint density at radius 1 is 1.41 bits per heavy atom. The van der Waals surface area contributed by atoms with Gasteiger partial charge in [0, 0.05) is 26.7 Å². The average Bonchev–Trinajstić information content (AvgIpc) is 3.00. The molecule has 22 heavy (non-hydrogen) atoms. The largest absolute Gasteiger partial charge is 0.469 e. The minimum atomic E-state index is -0.202. The Bertz CT molecular complexity index is 502. The first-order valence-corrected chi connectivity index (χ1v) is 7.79. The molecule has 1 N–H and O–H groups in total. The molecule has 0 saturated carbocycles. The number of methoxy groups -OCH3 is 1. The van der Waals surface area contributed by atoms with Crippen LogP contribution in [0, 0.1) is 5.92 Å². The Labute approximate surface area is 132 Å². The molecule has 0 aliphatic carbocycles. The highest BCUT2D eigenvalue weighted by molar-refractivity contribution is 5.80. The van der Waals surface area contributed by atoms with Gasteiger partial charge in [0.2, 0.25) is 0 Å². The standard InChI is InChI=1S/C17H25N3O2/c1-18-17(19-10-8-16(21)22-2)20-11-9-15(13-20)12-14-6-4-3-5-7-14/h3-7,15H,8-13H2,1-2H3,(H,18,19). The number of nitrogens with zero attached hydrogens (tertiary/aromatic N) is 2. The molecule has 5 nitrogen and oxygen atoms in total. The second-order valence-corrected chi connectivity index (χ2v) is 5.59. The van der Waals surface area contributed by atoms with Gasteiger partial charge < -0.3 is 15.0 Å². The summed E-state index contributed by atoms with van der Waals surface area (Å²) in [6, 6.07) is 10.6. The number of carbonyl (C=O) groups is 1. The van der Waals surface area contributed by atoms with Gasteiger partial charge in [-0.1, -0.05) is 30.3 Å². The number of nitrogens with one attached hydrogen (secondary N) is 1. The second-order valence-electron chi connectivity index (χ2n) is 5.59. The van der Waals surface area contributed by atoms with E-state index in [-0.39, 0.29) is 5.97 Å². The van der Waals surface area contributed by atoms with Crippen LogP contribution in [-0.2, 0) is 16.0 Å². The molecule has 0 amide bonds. The molecule has 2 rings (SSSR count). The molecule has 1 aliphatic rings. The fourth-order valence-corrected chi connectivity index (χ4v) is 2.85. The molecule has 1 heterocycles. The van der Waals surface area contributed by atoms with Gasteiger partial charge in [-0.3, -0.25) is 9.79 Å². The van der Waals surface area contributed by atoms with E-state index in [2.05, 4.69) is 50.3 Å². The van der Waals surface area contributed by atoms with E-state index in [4.69, 9.17) is 0 Å². The number of ether oxygens (including phenoxy) is 1. The SMILES string of the molecule is CN=C(NCCC(=O)OC)N1CCC(Cc2ccccc2)C1. The number of hydrogen-bond donors (Lipinski definition) is 1. The van der Waals surface area contributed by atoms with Crippen molar-refractivity contribution < 1.29 is 9.53 Å². The zero-order chi connectivity index (χ0) is 15.8. The van der Waals surface area contributed by atoms with Gasteiger partial charge in [-0.25, -0.2) is 0 Å². The number of hydrogen-bond acceptors (Lipinski definition) is 3.